The number of anilines is 2. The van der Waals surface area contributed by atoms with E-state index in [0.717, 1.165) is 36.3 Å². The van der Waals surface area contributed by atoms with E-state index >= 15 is 0 Å². The number of aromatic nitrogens is 1. The van der Waals surface area contributed by atoms with E-state index < -0.39 is 0 Å². The molecule has 0 radical (unpaired) electrons. The predicted molar refractivity (Wildman–Crippen MR) is 82.8 cm³/mol. The Morgan fingerprint density at radius 1 is 0.950 bits per heavy atom. The van der Waals surface area contributed by atoms with Crippen molar-refractivity contribution in [2.24, 2.45) is 0 Å². The molecule has 0 spiro atoms. The number of para-hydroxylation sites is 1. The number of nitrogens with zero attached hydrogens (tertiary/aromatic N) is 3. The van der Waals surface area contributed by atoms with Gasteiger partial charge in [0, 0.05) is 38.6 Å². The average molecular weight is 336 g/mol. The standard InChI is InChI=1S/C15H15BrFN3/c16-12-11-18-6-5-14(12)19-7-9-20(10-8-19)15-4-2-1-3-13(15)17/h1-6,11H,7-10H2. The second kappa shape index (κ2) is 5.79. The summed E-state index contributed by atoms with van der Waals surface area (Å²) in [7, 11) is 0. The summed E-state index contributed by atoms with van der Waals surface area (Å²) in [4.78, 5) is 8.47. The van der Waals surface area contributed by atoms with Crippen LogP contribution in [0.1, 0.15) is 0 Å². The first-order chi connectivity index (χ1) is 9.75. The van der Waals surface area contributed by atoms with Crippen LogP contribution < -0.4 is 9.80 Å². The summed E-state index contributed by atoms with van der Waals surface area (Å²) in [6, 6.07) is 8.96. The summed E-state index contributed by atoms with van der Waals surface area (Å²) in [6.07, 6.45) is 3.60. The van der Waals surface area contributed by atoms with E-state index in [1.54, 1.807) is 18.5 Å². The van der Waals surface area contributed by atoms with E-state index in [2.05, 4.69) is 30.7 Å². The summed E-state index contributed by atoms with van der Waals surface area (Å²) >= 11 is 3.53. The molecule has 20 heavy (non-hydrogen) atoms. The zero-order valence-corrected chi connectivity index (χ0v) is 12.6. The Balaban J connectivity index is 1.72. The highest BCUT2D eigenvalue weighted by molar-refractivity contribution is 9.10. The van der Waals surface area contributed by atoms with Crippen molar-refractivity contribution in [1.82, 2.24) is 4.98 Å². The van der Waals surface area contributed by atoms with Gasteiger partial charge in [0.1, 0.15) is 5.82 Å². The summed E-state index contributed by atoms with van der Waals surface area (Å²) in [5, 5.41) is 0. The average Bonchev–Trinajstić information content (AvgIpc) is 2.49. The minimum atomic E-state index is -0.147. The van der Waals surface area contributed by atoms with Crippen molar-refractivity contribution in [3.05, 3.63) is 53.0 Å². The van der Waals surface area contributed by atoms with Crippen LogP contribution >= 0.6 is 15.9 Å². The van der Waals surface area contributed by atoms with Crippen molar-refractivity contribution in [3.8, 4) is 0 Å². The summed E-state index contributed by atoms with van der Waals surface area (Å²) in [6.45, 7) is 3.37. The zero-order valence-electron chi connectivity index (χ0n) is 11.0. The molecule has 2 aromatic rings. The zero-order chi connectivity index (χ0) is 13.9. The third kappa shape index (κ3) is 2.63. The molecule has 0 aliphatic carbocycles. The lowest BCUT2D eigenvalue weighted by molar-refractivity contribution is 0.597. The van der Waals surface area contributed by atoms with Gasteiger partial charge >= 0.3 is 0 Å². The van der Waals surface area contributed by atoms with Crippen LogP contribution in [-0.4, -0.2) is 31.2 Å². The Hall–Kier alpha value is -1.62. The number of hydrogen-bond acceptors (Lipinski definition) is 3. The van der Waals surface area contributed by atoms with Crippen LogP contribution in [0.15, 0.2) is 47.2 Å². The van der Waals surface area contributed by atoms with Crippen LogP contribution in [0.2, 0.25) is 0 Å². The van der Waals surface area contributed by atoms with Crippen LogP contribution in [0.3, 0.4) is 0 Å². The van der Waals surface area contributed by atoms with E-state index in [1.165, 1.54) is 6.07 Å². The summed E-state index contributed by atoms with van der Waals surface area (Å²) in [5.74, 6) is -0.147. The molecular formula is C15H15BrFN3. The third-order valence-electron chi connectivity index (χ3n) is 3.56. The van der Waals surface area contributed by atoms with Crippen LogP contribution in [-0.2, 0) is 0 Å². The molecule has 1 aliphatic rings. The van der Waals surface area contributed by atoms with Gasteiger partial charge in [-0.25, -0.2) is 4.39 Å². The highest BCUT2D eigenvalue weighted by atomic mass is 79.9. The molecule has 1 aromatic heterocycles. The molecule has 0 atom stereocenters. The van der Waals surface area contributed by atoms with Gasteiger partial charge in [0.25, 0.3) is 0 Å². The molecule has 1 fully saturated rings. The monoisotopic (exact) mass is 335 g/mol. The molecule has 0 bridgehead atoms. The molecule has 2 heterocycles. The van der Waals surface area contributed by atoms with E-state index in [-0.39, 0.29) is 5.82 Å². The van der Waals surface area contributed by atoms with Crippen molar-refractivity contribution < 1.29 is 4.39 Å². The van der Waals surface area contributed by atoms with Crippen molar-refractivity contribution in [2.45, 2.75) is 0 Å². The first-order valence-electron chi connectivity index (χ1n) is 6.59. The maximum Gasteiger partial charge on any atom is 0.146 e. The fraction of sp³-hybridized carbons (Fsp3) is 0.267. The molecule has 1 saturated heterocycles. The second-order valence-corrected chi connectivity index (χ2v) is 5.61. The van der Waals surface area contributed by atoms with Gasteiger partial charge in [-0.3, -0.25) is 4.98 Å². The van der Waals surface area contributed by atoms with Crippen molar-refractivity contribution >= 4 is 27.3 Å². The topological polar surface area (TPSA) is 19.4 Å². The molecule has 0 saturated carbocycles. The maximum atomic E-state index is 13.8. The maximum absolute atomic E-state index is 13.8. The minimum absolute atomic E-state index is 0.147. The summed E-state index contributed by atoms with van der Waals surface area (Å²) in [5.41, 5.74) is 1.84. The molecule has 1 aliphatic heterocycles. The molecule has 3 nitrogen and oxygen atoms in total. The molecule has 1 aromatic carbocycles. The predicted octanol–water partition coefficient (Wildman–Crippen LogP) is 3.31. The summed E-state index contributed by atoms with van der Waals surface area (Å²) < 4.78 is 14.8. The Bertz CT molecular complexity index is 544. The lowest BCUT2D eigenvalue weighted by Crippen LogP contribution is -2.47. The van der Waals surface area contributed by atoms with Crippen molar-refractivity contribution in [2.75, 3.05) is 36.0 Å². The normalized spacial score (nSPS) is 15.5. The number of halogens is 2. The first-order valence-corrected chi connectivity index (χ1v) is 7.39. The molecule has 0 unspecified atom stereocenters. The van der Waals surface area contributed by atoms with Gasteiger partial charge in [0.05, 0.1) is 15.8 Å². The highest BCUT2D eigenvalue weighted by Gasteiger charge is 2.20. The smallest absolute Gasteiger partial charge is 0.146 e. The Morgan fingerprint density at radius 3 is 2.25 bits per heavy atom. The lowest BCUT2D eigenvalue weighted by atomic mass is 10.2. The number of rotatable bonds is 2. The SMILES string of the molecule is Fc1ccccc1N1CCN(c2ccncc2Br)CC1. The quantitative estimate of drug-likeness (QED) is 0.839. The molecule has 0 N–H and O–H groups in total. The van der Waals surface area contributed by atoms with E-state index in [1.807, 2.05) is 18.2 Å². The van der Waals surface area contributed by atoms with Gasteiger partial charge in [0.2, 0.25) is 0 Å². The fourth-order valence-corrected chi connectivity index (χ4v) is 3.02. The van der Waals surface area contributed by atoms with Gasteiger partial charge in [0.15, 0.2) is 0 Å². The van der Waals surface area contributed by atoms with E-state index in [4.69, 9.17) is 0 Å². The van der Waals surface area contributed by atoms with Crippen LogP contribution in [0.25, 0.3) is 0 Å². The largest absolute Gasteiger partial charge is 0.367 e. The van der Waals surface area contributed by atoms with Gasteiger partial charge in [-0.1, -0.05) is 12.1 Å². The van der Waals surface area contributed by atoms with Crippen LogP contribution in [0.4, 0.5) is 15.8 Å². The van der Waals surface area contributed by atoms with Gasteiger partial charge in [-0.05, 0) is 34.1 Å². The Morgan fingerprint density at radius 2 is 1.60 bits per heavy atom. The first kappa shape index (κ1) is 13.4. The van der Waals surface area contributed by atoms with E-state index in [9.17, 15) is 4.39 Å². The van der Waals surface area contributed by atoms with Crippen LogP contribution in [0, 0.1) is 5.82 Å². The number of piperazine rings is 1. The van der Waals surface area contributed by atoms with Gasteiger partial charge < -0.3 is 9.80 Å². The van der Waals surface area contributed by atoms with Crippen LogP contribution in [0.5, 0.6) is 0 Å². The number of pyridine rings is 1. The van der Waals surface area contributed by atoms with E-state index in [0.29, 0.717) is 5.69 Å². The molecule has 3 rings (SSSR count). The minimum Gasteiger partial charge on any atom is -0.367 e. The lowest BCUT2D eigenvalue weighted by Gasteiger charge is -2.37. The van der Waals surface area contributed by atoms with Crippen molar-refractivity contribution in [3.63, 3.8) is 0 Å². The number of benzene rings is 1. The Kier molecular flexibility index (Phi) is 3.87. The van der Waals surface area contributed by atoms with Gasteiger partial charge in [-0.15, -0.1) is 0 Å². The molecular weight excluding hydrogens is 321 g/mol. The van der Waals surface area contributed by atoms with Gasteiger partial charge in [-0.2, -0.15) is 0 Å². The molecule has 104 valence electrons. The number of hydrogen-bond donors (Lipinski definition) is 0. The third-order valence-corrected chi connectivity index (χ3v) is 4.18. The molecule has 5 heteroatoms. The highest BCUT2D eigenvalue weighted by Crippen LogP contribution is 2.27. The molecule has 0 amide bonds. The second-order valence-electron chi connectivity index (χ2n) is 4.75. The fourth-order valence-electron chi connectivity index (χ4n) is 2.52. The Labute approximate surface area is 126 Å². The van der Waals surface area contributed by atoms with Crippen molar-refractivity contribution in [1.29, 1.82) is 0 Å².